The number of nitrogens with zero attached hydrogens (tertiary/aromatic N) is 3. The van der Waals surface area contributed by atoms with Crippen molar-refractivity contribution in [2.75, 3.05) is 6.61 Å². The Labute approximate surface area is 285 Å². The Bertz CT molecular complexity index is 1650. The van der Waals surface area contributed by atoms with Crippen molar-refractivity contribution in [3.8, 4) is 23.8 Å². The number of allylic oxidation sites excluding steroid dienone is 5. The predicted octanol–water partition coefficient (Wildman–Crippen LogP) is 9.32. The molecule has 1 N–H and O–H groups in total. The largest absolute Gasteiger partial charge is 0.462 e. The average molecular weight is 647 g/mol. The number of carbonyl (C=O) groups excluding carboxylic acids is 2. The summed E-state index contributed by atoms with van der Waals surface area (Å²) in [6.45, 7) is 17.8. The molecule has 2 aromatic carbocycles. The number of benzene rings is 2. The Morgan fingerprint density at radius 2 is 1.54 bits per heavy atom. The van der Waals surface area contributed by atoms with Gasteiger partial charge in [0.15, 0.2) is 0 Å². The number of amides is 1. The highest BCUT2D eigenvalue weighted by Gasteiger charge is 2.10. The van der Waals surface area contributed by atoms with E-state index in [-0.39, 0.29) is 11.9 Å². The van der Waals surface area contributed by atoms with E-state index < -0.39 is 0 Å². The zero-order valence-electron chi connectivity index (χ0n) is 29.1. The zero-order valence-corrected chi connectivity index (χ0v) is 29.1. The number of aromatic nitrogens is 1. The molecule has 0 unspecified atom stereocenters. The first-order valence-electron chi connectivity index (χ1n) is 16.0. The van der Waals surface area contributed by atoms with Crippen molar-refractivity contribution in [1.82, 2.24) is 10.3 Å². The van der Waals surface area contributed by atoms with Crippen LogP contribution in [-0.4, -0.2) is 23.5 Å². The van der Waals surface area contributed by atoms with Gasteiger partial charge in [-0.25, -0.2) is 9.78 Å². The number of esters is 1. The fraction of sp³-hybridized carbons (Fsp3) is 0.275. The Balaban J connectivity index is 0.000000808. The highest BCUT2D eigenvalue weighted by molar-refractivity contribution is 5.95. The summed E-state index contributed by atoms with van der Waals surface area (Å²) in [4.78, 5) is 29.1. The molecule has 0 aliphatic carbocycles. The van der Waals surface area contributed by atoms with Gasteiger partial charge in [0.25, 0.3) is 5.91 Å². The molecule has 0 fully saturated rings. The summed E-state index contributed by atoms with van der Waals surface area (Å²) in [7, 11) is 0. The third-order valence-electron chi connectivity index (χ3n) is 6.49. The summed E-state index contributed by atoms with van der Waals surface area (Å²) >= 11 is 0. The maximum Gasteiger partial charge on any atom is 0.333 e. The van der Waals surface area contributed by atoms with Crippen LogP contribution in [0.5, 0.6) is 11.6 Å². The van der Waals surface area contributed by atoms with Gasteiger partial charge >= 0.3 is 5.97 Å². The van der Waals surface area contributed by atoms with E-state index in [4.69, 9.17) is 20.0 Å². The molecular formula is C40H46N4O4. The Morgan fingerprint density at radius 3 is 2.04 bits per heavy atom. The van der Waals surface area contributed by atoms with Crippen molar-refractivity contribution in [2.24, 2.45) is 0 Å². The van der Waals surface area contributed by atoms with Gasteiger partial charge < -0.3 is 14.8 Å². The molecule has 48 heavy (non-hydrogen) atoms. The number of hydrogen-bond acceptors (Lipinski definition) is 7. The topological polar surface area (TPSA) is 125 Å². The Morgan fingerprint density at radius 1 is 0.917 bits per heavy atom. The van der Waals surface area contributed by atoms with Gasteiger partial charge in [-0.15, -0.1) is 0 Å². The van der Waals surface area contributed by atoms with E-state index in [0.29, 0.717) is 46.2 Å². The van der Waals surface area contributed by atoms with Crippen LogP contribution in [0.1, 0.15) is 88.4 Å². The van der Waals surface area contributed by atoms with Crippen molar-refractivity contribution in [3.63, 3.8) is 0 Å². The van der Waals surface area contributed by atoms with Crippen molar-refractivity contribution < 1.29 is 19.1 Å². The number of unbranched alkanes of at least 4 members (excludes halogenated alkanes) is 1. The summed E-state index contributed by atoms with van der Waals surface area (Å²) in [6.07, 6.45) is 9.45. The number of aryl methyl sites for hydroxylation is 1. The standard InChI is InChI=1S/C29H31N3O4.C9H9N.C2H6/c1-6-8-15-35-29(34)21(5)16-24(20(3)4)17-25(7-2)32-28(33)23-10-12-26(13-11-23)36-27-14-9-22(18-30)19-31-27;1-2-8-3-5-9(7-10)6-4-8;1-2/h7,9-14,16-17,19H,3,6,8,15H2,1-2,4-5H3,(H,32,33);3-6H,2H2,1H3;1-2H3/b21-16+,24-17-,25-7+;;. The Kier molecular flexibility index (Phi) is 19.1. The number of carbonyl (C=O) groups is 2. The lowest BCUT2D eigenvalue weighted by Crippen LogP contribution is -2.22. The average Bonchev–Trinajstić information content (AvgIpc) is 3.12. The van der Waals surface area contributed by atoms with Crippen LogP contribution in [0.4, 0.5) is 0 Å². The van der Waals surface area contributed by atoms with Gasteiger partial charge in [0.05, 0.1) is 23.8 Å². The second kappa shape index (κ2) is 22.7. The first kappa shape index (κ1) is 40.3. The molecule has 0 radical (unpaired) electrons. The van der Waals surface area contributed by atoms with E-state index in [9.17, 15) is 9.59 Å². The third-order valence-corrected chi connectivity index (χ3v) is 6.49. The molecule has 3 rings (SSSR count). The molecule has 0 bridgehead atoms. The van der Waals surface area contributed by atoms with Crippen LogP contribution < -0.4 is 10.1 Å². The lowest BCUT2D eigenvalue weighted by molar-refractivity contribution is -0.139. The minimum absolute atomic E-state index is 0.303. The van der Waals surface area contributed by atoms with E-state index >= 15 is 0 Å². The highest BCUT2D eigenvalue weighted by Crippen LogP contribution is 2.20. The van der Waals surface area contributed by atoms with Crippen LogP contribution in [0.25, 0.3) is 0 Å². The monoisotopic (exact) mass is 646 g/mol. The molecule has 0 aliphatic heterocycles. The molecule has 3 aromatic rings. The number of pyridine rings is 1. The van der Waals surface area contributed by atoms with E-state index in [1.54, 1.807) is 68.5 Å². The van der Waals surface area contributed by atoms with Crippen molar-refractivity contribution >= 4 is 11.9 Å². The van der Waals surface area contributed by atoms with Crippen LogP contribution in [0.15, 0.2) is 114 Å². The van der Waals surface area contributed by atoms with Gasteiger partial charge in [0, 0.05) is 29.1 Å². The highest BCUT2D eigenvalue weighted by atomic mass is 16.5. The molecule has 250 valence electrons. The molecule has 0 spiro atoms. The van der Waals surface area contributed by atoms with Crippen LogP contribution in [0.2, 0.25) is 0 Å². The minimum Gasteiger partial charge on any atom is -0.462 e. The van der Waals surface area contributed by atoms with Gasteiger partial charge in [-0.2, -0.15) is 10.5 Å². The molecule has 8 heteroatoms. The van der Waals surface area contributed by atoms with Gasteiger partial charge in [-0.3, -0.25) is 4.79 Å². The van der Waals surface area contributed by atoms with Crippen LogP contribution in [0.3, 0.4) is 0 Å². The molecule has 1 amide bonds. The first-order valence-corrected chi connectivity index (χ1v) is 16.0. The zero-order chi connectivity index (χ0) is 35.9. The molecule has 0 aliphatic rings. The molecular weight excluding hydrogens is 600 g/mol. The summed E-state index contributed by atoms with van der Waals surface area (Å²) in [5.41, 5.74) is 5.34. The van der Waals surface area contributed by atoms with Gasteiger partial charge in [-0.05, 0) is 99.4 Å². The number of nitriles is 2. The van der Waals surface area contributed by atoms with Gasteiger partial charge in [0.1, 0.15) is 11.8 Å². The summed E-state index contributed by atoms with van der Waals surface area (Å²) in [5, 5.41) is 20.2. The maximum absolute atomic E-state index is 12.8. The summed E-state index contributed by atoms with van der Waals surface area (Å²) in [6, 6.07) is 21.6. The maximum atomic E-state index is 12.8. The quantitative estimate of drug-likeness (QED) is 0.0899. The van der Waals surface area contributed by atoms with Crippen molar-refractivity contribution in [2.45, 2.75) is 67.7 Å². The molecule has 0 saturated heterocycles. The van der Waals surface area contributed by atoms with Crippen molar-refractivity contribution in [3.05, 3.63) is 136 Å². The van der Waals surface area contributed by atoms with E-state index in [1.807, 2.05) is 58.0 Å². The lowest BCUT2D eigenvalue weighted by atomic mass is 10.0. The number of nitrogens with one attached hydrogen (secondary N) is 1. The van der Waals surface area contributed by atoms with E-state index in [2.05, 4.69) is 29.9 Å². The molecule has 8 nitrogen and oxygen atoms in total. The van der Waals surface area contributed by atoms with Gasteiger partial charge in [-0.1, -0.05) is 64.5 Å². The van der Waals surface area contributed by atoms with Crippen molar-refractivity contribution in [1.29, 1.82) is 10.5 Å². The summed E-state index contributed by atoms with van der Waals surface area (Å²) in [5.74, 6) is 0.173. The normalized spacial score (nSPS) is 10.9. The summed E-state index contributed by atoms with van der Waals surface area (Å²) < 4.78 is 10.9. The number of hydrogen-bond donors (Lipinski definition) is 1. The number of rotatable bonds is 12. The second-order valence-corrected chi connectivity index (χ2v) is 10.2. The minimum atomic E-state index is -0.375. The van der Waals surface area contributed by atoms with E-state index in [0.717, 1.165) is 30.4 Å². The smallest absolute Gasteiger partial charge is 0.333 e. The fourth-order valence-corrected chi connectivity index (χ4v) is 3.68. The Hall–Kier alpha value is -5.73. The molecule has 1 aromatic heterocycles. The molecule has 1 heterocycles. The second-order valence-electron chi connectivity index (χ2n) is 10.2. The van der Waals surface area contributed by atoms with Crippen LogP contribution in [0, 0.1) is 22.7 Å². The third kappa shape index (κ3) is 14.6. The fourth-order valence-electron chi connectivity index (χ4n) is 3.68. The van der Waals surface area contributed by atoms with Crippen LogP contribution >= 0.6 is 0 Å². The SMILES string of the molecule is C=C(C)C(=C\C(=C/C)NC(=O)c1ccc(Oc2ccc(C#N)cn2)cc1)/C=C(\C)C(=O)OCCCC.CC.CCc1ccc(C#N)cc1. The predicted molar refractivity (Wildman–Crippen MR) is 191 cm³/mol. The van der Waals surface area contributed by atoms with Gasteiger partial charge in [0.2, 0.25) is 5.88 Å². The lowest BCUT2D eigenvalue weighted by Gasteiger charge is -2.10. The molecule has 0 saturated carbocycles. The first-order chi connectivity index (χ1) is 23.1. The van der Waals surface area contributed by atoms with E-state index in [1.165, 1.54) is 11.8 Å². The van der Waals surface area contributed by atoms with Crippen LogP contribution in [-0.2, 0) is 16.0 Å². The number of ether oxygens (including phenoxy) is 2. The molecule has 0 atom stereocenters.